The average Bonchev–Trinajstić information content (AvgIpc) is 2.60. The molecule has 3 rings (SSSR count). The molecular weight excluding hydrogens is 272 g/mol. The molecule has 2 heterocycles. The Hall–Kier alpha value is -1.16. The van der Waals surface area contributed by atoms with Gasteiger partial charge in [0.25, 0.3) is 0 Å². The normalized spacial score (nSPS) is 31.2. The van der Waals surface area contributed by atoms with E-state index in [9.17, 15) is 13.2 Å². The fourth-order valence-electron chi connectivity index (χ4n) is 3.55. The molecule has 2 aliphatic heterocycles. The van der Waals surface area contributed by atoms with Gasteiger partial charge in [0.2, 0.25) is 0 Å². The number of sulfone groups is 1. The topological polar surface area (TPSA) is 51.2 Å². The molecule has 2 aliphatic rings. The number of fused-ring (bicyclic) bond motifs is 2. The van der Waals surface area contributed by atoms with Crippen molar-refractivity contribution < 1.29 is 13.2 Å². The first-order chi connectivity index (χ1) is 9.39. The van der Waals surface area contributed by atoms with E-state index in [-0.39, 0.29) is 22.2 Å². The number of benzene rings is 1. The van der Waals surface area contributed by atoms with Gasteiger partial charge in [0.1, 0.15) is 0 Å². The first-order valence-corrected chi connectivity index (χ1v) is 8.84. The molecule has 2 bridgehead atoms. The smallest absolute Gasteiger partial charge is 0.166 e. The molecule has 4 heteroatoms. The van der Waals surface area contributed by atoms with Crippen LogP contribution in [0, 0.1) is 19.8 Å². The van der Waals surface area contributed by atoms with Gasteiger partial charge in [0.15, 0.2) is 15.6 Å². The molecule has 108 valence electrons. The summed E-state index contributed by atoms with van der Waals surface area (Å²) >= 11 is 0. The van der Waals surface area contributed by atoms with Crippen LogP contribution in [-0.4, -0.2) is 24.7 Å². The van der Waals surface area contributed by atoms with Crippen LogP contribution in [0.1, 0.15) is 47.2 Å². The van der Waals surface area contributed by atoms with Crippen molar-refractivity contribution in [3.05, 3.63) is 34.9 Å². The fourth-order valence-corrected chi connectivity index (χ4v) is 6.03. The largest absolute Gasteiger partial charge is 0.294 e. The lowest BCUT2D eigenvalue weighted by Gasteiger charge is -2.27. The Bertz CT molecular complexity index is 640. The van der Waals surface area contributed by atoms with Crippen LogP contribution in [0.5, 0.6) is 0 Å². The third-order valence-electron chi connectivity index (χ3n) is 5.00. The van der Waals surface area contributed by atoms with Crippen LogP contribution < -0.4 is 0 Å². The maximum absolute atomic E-state index is 12.6. The minimum absolute atomic E-state index is 0.113. The number of aryl methyl sites for hydroxylation is 2. The van der Waals surface area contributed by atoms with E-state index >= 15 is 0 Å². The minimum atomic E-state index is -2.94. The van der Waals surface area contributed by atoms with E-state index in [4.69, 9.17) is 0 Å². The lowest BCUT2D eigenvalue weighted by molar-refractivity contribution is 0.0905. The molecule has 2 unspecified atom stereocenters. The number of carbonyl (C=O) groups is 1. The van der Waals surface area contributed by atoms with Gasteiger partial charge in [-0.3, -0.25) is 4.79 Å². The van der Waals surface area contributed by atoms with Gasteiger partial charge in [-0.15, -0.1) is 0 Å². The van der Waals surface area contributed by atoms with Gasteiger partial charge >= 0.3 is 0 Å². The lowest BCUT2D eigenvalue weighted by atomic mass is 9.89. The summed E-state index contributed by atoms with van der Waals surface area (Å²) in [4.78, 5) is 12.6. The SMILES string of the molecule is Cc1ccc(C(=O)C2CC3CCC(C2)S3(=O)=O)cc1C. The van der Waals surface area contributed by atoms with Crippen molar-refractivity contribution in [2.75, 3.05) is 0 Å². The van der Waals surface area contributed by atoms with Crippen molar-refractivity contribution >= 4 is 15.6 Å². The van der Waals surface area contributed by atoms with Crippen LogP contribution in [0.4, 0.5) is 0 Å². The van der Waals surface area contributed by atoms with Crippen molar-refractivity contribution in [1.29, 1.82) is 0 Å². The third kappa shape index (κ3) is 2.10. The fraction of sp³-hybridized carbons (Fsp3) is 0.562. The number of rotatable bonds is 2. The van der Waals surface area contributed by atoms with Gasteiger partial charge < -0.3 is 0 Å². The van der Waals surface area contributed by atoms with Gasteiger partial charge in [-0.05, 0) is 56.7 Å². The molecule has 0 amide bonds. The quantitative estimate of drug-likeness (QED) is 0.788. The van der Waals surface area contributed by atoms with Crippen LogP contribution in [0.15, 0.2) is 18.2 Å². The summed E-state index contributed by atoms with van der Waals surface area (Å²) in [5.74, 6) is 0.0121. The Morgan fingerprint density at radius 1 is 1.05 bits per heavy atom. The molecule has 0 aliphatic carbocycles. The van der Waals surface area contributed by atoms with E-state index in [1.165, 1.54) is 5.56 Å². The summed E-state index contributed by atoms with van der Waals surface area (Å²) in [6, 6.07) is 5.77. The van der Waals surface area contributed by atoms with Crippen molar-refractivity contribution in [2.45, 2.75) is 50.0 Å². The van der Waals surface area contributed by atoms with Crippen LogP contribution in [0.2, 0.25) is 0 Å². The molecule has 2 atom stereocenters. The number of carbonyl (C=O) groups excluding carboxylic acids is 1. The number of hydrogen-bond acceptors (Lipinski definition) is 3. The highest BCUT2D eigenvalue weighted by atomic mass is 32.2. The highest BCUT2D eigenvalue weighted by molar-refractivity contribution is 7.93. The Labute approximate surface area is 120 Å². The standard InChI is InChI=1S/C16H20O3S/c1-10-3-4-12(7-11(10)2)16(17)13-8-14-5-6-15(9-13)20(14,18)19/h3-4,7,13-15H,5-6,8-9H2,1-2H3. The second-order valence-electron chi connectivity index (χ2n) is 6.24. The van der Waals surface area contributed by atoms with Crippen molar-refractivity contribution in [3.8, 4) is 0 Å². The Morgan fingerprint density at radius 3 is 2.20 bits per heavy atom. The molecule has 2 saturated heterocycles. The highest BCUT2D eigenvalue weighted by Gasteiger charge is 2.48. The maximum atomic E-state index is 12.6. The Kier molecular flexibility index (Phi) is 3.24. The van der Waals surface area contributed by atoms with Crippen LogP contribution in [0.3, 0.4) is 0 Å². The zero-order valence-corrected chi connectivity index (χ0v) is 12.7. The predicted octanol–water partition coefficient (Wildman–Crippen LogP) is 2.84. The molecule has 3 nitrogen and oxygen atoms in total. The van der Waals surface area contributed by atoms with Gasteiger partial charge in [-0.1, -0.05) is 12.1 Å². The van der Waals surface area contributed by atoms with E-state index in [2.05, 4.69) is 0 Å². The van der Waals surface area contributed by atoms with E-state index in [0.717, 1.165) is 24.0 Å². The minimum Gasteiger partial charge on any atom is -0.294 e. The molecule has 20 heavy (non-hydrogen) atoms. The third-order valence-corrected chi connectivity index (χ3v) is 7.71. The second kappa shape index (κ2) is 4.69. The Balaban J connectivity index is 1.84. The zero-order chi connectivity index (χ0) is 14.5. The summed E-state index contributed by atoms with van der Waals surface area (Å²) < 4.78 is 24.1. The molecular formula is C16H20O3S. The number of ketones is 1. The molecule has 1 aromatic carbocycles. The first kappa shape index (κ1) is 13.8. The highest BCUT2D eigenvalue weighted by Crippen LogP contribution is 2.42. The molecule has 0 saturated carbocycles. The monoisotopic (exact) mass is 292 g/mol. The van der Waals surface area contributed by atoms with Gasteiger partial charge in [-0.2, -0.15) is 0 Å². The average molecular weight is 292 g/mol. The van der Waals surface area contributed by atoms with Crippen molar-refractivity contribution in [2.24, 2.45) is 5.92 Å². The Morgan fingerprint density at radius 2 is 1.65 bits per heavy atom. The summed E-state index contributed by atoms with van der Waals surface area (Å²) in [6.07, 6.45) is 2.52. The molecule has 0 aromatic heterocycles. The van der Waals surface area contributed by atoms with E-state index in [1.54, 1.807) is 0 Å². The lowest BCUT2D eigenvalue weighted by Crippen LogP contribution is -2.36. The van der Waals surface area contributed by atoms with E-state index in [0.29, 0.717) is 12.8 Å². The van der Waals surface area contributed by atoms with E-state index in [1.807, 2.05) is 32.0 Å². The van der Waals surface area contributed by atoms with Crippen molar-refractivity contribution in [3.63, 3.8) is 0 Å². The van der Waals surface area contributed by atoms with Crippen LogP contribution >= 0.6 is 0 Å². The predicted molar refractivity (Wildman–Crippen MR) is 78.7 cm³/mol. The summed E-state index contributed by atoms with van der Waals surface area (Å²) in [7, 11) is -2.94. The molecule has 0 spiro atoms. The number of Topliss-reactive ketones (excluding diaryl/α,β-unsaturated/α-hetero) is 1. The second-order valence-corrected chi connectivity index (χ2v) is 8.75. The van der Waals surface area contributed by atoms with Gasteiger partial charge in [0, 0.05) is 11.5 Å². The van der Waals surface area contributed by atoms with Gasteiger partial charge in [-0.25, -0.2) is 8.42 Å². The maximum Gasteiger partial charge on any atom is 0.166 e. The van der Waals surface area contributed by atoms with Gasteiger partial charge in [0.05, 0.1) is 10.5 Å². The van der Waals surface area contributed by atoms with Crippen LogP contribution in [-0.2, 0) is 9.84 Å². The molecule has 0 radical (unpaired) electrons. The summed E-state index contributed by atoms with van der Waals surface area (Å²) in [5.41, 5.74) is 3.02. The summed E-state index contributed by atoms with van der Waals surface area (Å²) in [6.45, 7) is 4.03. The van der Waals surface area contributed by atoms with Crippen LogP contribution in [0.25, 0.3) is 0 Å². The zero-order valence-electron chi connectivity index (χ0n) is 11.9. The molecule has 1 aromatic rings. The van der Waals surface area contributed by atoms with Crippen molar-refractivity contribution in [1.82, 2.24) is 0 Å². The molecule has 0 N–H and O–H groups in total. The molecule has 2 fully saturated rings. The first-order valence-electron chi connectivity index (χ1n) is 7.24. The summed E-state index contributed by atoms with van der Waals surface area (Å²) in [5, 5.41) is -0.552. The number of hydrogen-bond donors (Lipinski definition) is 0. The van der Waals surface area contributed by atoms with E-state index < -0.39 is 9.84 Å².